The van der Waals surface area contributed by atoms with E-state index in [0.717, 1.165) is 38.3 Å². The molecule has 7 heteroatoms. The number of rotatable bonds is 7. The quantitative estimate of drug-likeness (QED) is 0.327. The third-order valence-electron chi connectivity index (χ3n) is 8.77. The molecule has 1 fully saturated rings. The molecule has 1 heterocycles. The lowest BCUT2D eigenvalue weighted by atomic mass is 9.55. The van der Waals surface area contributed by atoms with Crippen LogP contribution in [0.15, 0.2) is 66.7 Å². The van der Waals surface area contributed by atoms with Crippen molar-refractivity contribution in [1.82, 2.24) is 4.90 Å². The first kappa shape index (κ1) is 26.9. The van der Waals surface area contributed by atoms with E-state index in [0.29, 0.717) is 5.69 Å². The van der Waals surface area contributed by atoms with E-state index in [1.54, 1.807) is 0 Å². The van der Waals surface area contributed by atoms with Gasteiger partial charge < -0.3 is 10.1 Å². The Morgan fingerprint density at radius 1 is 0.829 bits per heavy atom. The van der Waals surface area contributed by atoms with Crippen LogP contribution in [-0.4, -0.2) is 41.2 Å². The maximum Gasteiger partial charge on any atom is 0.329 e. The molecule has 7 rings (SSSR count). The zero-order chi connectivity index (χ0) is 29.0. The minimum atomic E-state index is -1.10. The van der Waals surface area contributed by atoms with Crippen molar-refractivity contribution in [2.24, 2.45) is 17.8 Å². The molecule has 2 bridgehead atoms. The van der Waals surface area contributed by atoms with Gasteiger partial charge in [0.15, 0.2) is 6.61 Å². The first-order valence-electron chi connectivity index (χ1n) is 14.3. The molecule has 0 spiro atoms. The summed E-state index contributed by atoms with van der Waals surface area (Å²) in [7, 11) is 0. The predicted molar refractivity (Wildman–Crippen MR) is 154 cm³/mol. The number of imide groups is 1. The molecule has 3 amide bonds. The number of aryl methyl sites for hydroxylation is 2. The van der Waals surface area contributed by atoms with Gasteiger partial charge in [-0.2, -0.15) is 0 Å². The molecule has 1 aliphatic heterocycles. The molecule has 210 valence electrons. The van der Waals surface area contributed by atoms with Crippen LogP contribution in [0.1, 0.15) is 65.5 Å². The summed E-state index contributed by atoms with van der Waals surface area (Å²) in [5, 5.41) is 2.79. The topological polar surface area (TPSA) is 92.8 Å². The Kier molecular flexibility index (Phi) is 6.76. The number of amides is 3. The number of esters is 1. The lowest BCUT2D eigenvalue weighted by molar-refractivity contribution is -0.160. The summed E-state index contributed by atoms with van der Waals surface area (Å²) in [5.41, 5.74) is 6.83. The van der Waals surface area contributed by atoms with Gasteiger partial charge in [0.05, 0.1) is 11.8 Å². The summed E-state index contributed by atoms with van der Waals surface area (Å²) < 4.78 is 5.47. The number of nitrogens with zero attached hydrogens (tertiary/aromatic N) is 1. The highest BCUT2D eigenvalue weighted by Gasteiger charge is 2.63. The molecular weight excluding hydrogens is 516 g/mol. The van der Waals surface area contributed by atoms with Crippen LogP contribution in [0.2, 0.25) is 0 Å². The van der Waals surface area contributed by atoms with E-state index < -0.39 is 36.4 Å². The average Bonchev–Trinajstić information content (AvgIpc) is 3.22. The smallest absolute Gasteiger partial charge is 0.329 e. The van der Waals surface area contributed by atoms with E-state index in [2.05, 4.69) is 5.32 Å². The van der Waals surface area contributed by atoms with Gasteiger partial charge in [-0.1, -0.05) is 74.5 Å². The van der Waals surface area contributed by atoms with Gasteiger partial charge in [0, 0.05) is 17.5 Å². The minimum absolute atomic E-state index is 0.00524. The van der Waals surface area contributed by atoms with Crippen molar-refractivity contribution in [1.29, 1.82) is 0 Å². The van der Waals surface area contributed by atoms with E-state index in [4.69, 9.17) is 4.74 Å². The lowest BCUT2D eigenvalue weighted by Gasteiger charge is -2.45. The molecule has 0 unspecified atom stereocenters. The highest BCUT2D eigenvalue weighted by molar-refractivity contribution is 6.10. The van der Waals surface area contributed by atoms with Crippen LogP contribution in [0.3, 0.4) is 0 Å². The van der Waals surface area contributed by atoms with Crippen molar-refractivity contribution >= 4 is 29.4 Å². The Labute approximate surface area is 239 Å². The molecule has 1 N–H and O–H groups in total. The normalized spacial score (nSPS) is 22.7. The number of likely N-dealkylation sites (tertiary alicyclic amines) is 1. The number of benzene rings is 3. The van der Waals surface area contributed by atoms with Crippen molar-refractivity contribution in [2.75, 3.05) is 11.9 Å². The number of ether oxygens (including phenoxy) is 1. The highest BCUT2D eigenvalue weighted by atomic mass is 16.5. The second-order valence-electron chi connectivity index (χ2n) is 11.9. The molecule has 3 aliphatic carbocycles. The van der Waals surface area contributed by atoms with Crippen LogP contribution < -0.4 is 5.32 Å². The molecule has 41 heavy (non-hydrogen) atoms. The number of anilines is 1. The third-order valence-corrected chi connectivity index (χ3v) is 8.77. The number of nitrogens with one attached hydrogen (secondary N) is 1. The summed E-state index contributed by atoms with van der Waals surface area (Å²) in [6, 6.07) is 20.7. The molecule has 0 aromatic heterocycles. The van der Waals surface area contributed by atoms with Crippen LogP contribution in [0, 0.1) is 31.6 Å². The molecule has 3 atom stereocenters. The Balaban J connectivity index is 1.27. The number of carbonyl (C=O) groups excluding carboxylic acids is 4. The van der Waals surface area contributed by atoms with Gasteiger partial charge in [-0.15, -0.1) is 0 Å². The highest BCUT2D eigenvalue weighted by Crippen LogP contribution is 2.61. The zero-order valence-electron chi connectivity index (χ0n) is 23.7. The Morgan fingerprint density at radius 3 is 1.83 bits per heavy atom. The second kappa shape index (κ2) is 10.3. The Hall–Kier alpha value is -4.26. The maximum absolute atomic E-state index is 14.2. The summed E-state index contributed by atoms with van der Waals surface area (Å²) >= 11 is 0. The van der Waals surface area contributed by atoms with E-state index in [1.807, 2.05) is 94.4 Å². The van der Waals surface area contributed by atoms with Gasteiger partial charge >= 0.3 is 5.97 Å². The Bertz CT molecular complexity index is 1460. The summed E-state index contributed by atoms with van der Waals surface area (Å²) in [5.74, 6) is -3.53. The summed E-state index contributed by atoms with van der Waals surface area (Å²) in [6.45, 7) is 7.16. The molecule has 3 aromatic rings. The summed E-state index contributed by atoms with van der Waals surface area (Å²) in [4.78, 5) is 55.7. The Morgan fingerprint density at radius 2 is 1.34 bits per heavy atom. The largest absolute Gasteiger partial charge is 0.454 e. The number of hydrogen-bond acceptors (Lipinski definition) is 5. The first-order valence-corrected chi connectivity index (χ1v) is 14.3. The van der Waals surface area contributed by atoms with Crippen molar-refractivity contribution in [3.05, 3.63) is 100 Å². The average molecular weight is 551 g/mol. The predicted octanol–water partition coefficient (Wildman–Crippen LogP) is 5.09. The molecule has 1 saturated heterocycles. The second-order valence-corrected chi connectivity index (χ2v) is 11.9. The molecule has 4 aliphatic rings. The van der Waals surface area contributed by atoms with E-state index in [1.165, 1.54) is 0 Å². The van der Waals surface area contributed by atoms with Crippen molar-refractivity contribution in [2.45, 2.75) is 52.0 Å². The van der Waals surface area contributed by atoms with Crippen molar-refractivity contribution in [3.63, 3.8) is 0 Å². The molecule has 0 saturated carbocycles. The van der Waals surface area contributed by atoms with Gasteiger partial charge in [-0.25, -0.2) is 4.79 Å². The molecule has 7 nitrogen and oxygen atoms in total. The third kappa shape index (κ3) is 4.44. The van der Waals surface area contributed by atoms with Crippen LogP contribution in [0.5, 0.6) is 0 Å². The molecule has 3 aromatic carbocycles. The van der Waals surface area contributed by atoms with Gasteiger partial charge in [0.1, 0.15) is 6.04 Å². The standard InChI is InChI=1S/C34H34N2O5/c1-18(2)15-26(34(40)41-17-27(37)35-25-16-19(3)13-14-20(25)4)36-32(38)30-28-21-9-5-6-10-22(21)29(31(30)33(36)39)24-12-8-7-11-23(24)28/h5-14,16,18,26,28-31H,15,17H2,1-4H3,(H,35,37)/t26-,28?,29?,30-,31+/m0/s1. The number of carbonyl (C=O) groups is 4. The van der Waals surface area contributed by atoms with E-state index >= 15 is 0 Å². The lowest BCUT2D eigenvalue weighted by Crippen LogP contribution is -2.47. The van der Waals surface area contributed by atoms with Crippen LogP contribution in [0.4, 0.5) is 5.69 Å². The van der Waals surface area contributed by atoms with Gasteiger partial charge in [0.2, 0.25) is 11.8 Å². The van der Waals surface area contributed by atoms with Crippen LogP contribution in [0.25, 0.3) is 0 Å². The van der Waals surface area contributed by atoms with Crippen molar-refractivity contribution in [3.8, 4) is 0 Å². The summed E-state index contributed by atoms with van der Waals surface area (Å²) in [6.07, 6.45) is 0.254. The minimum Gasteiger partial charge on any atom is -0.454 e. The van der Waals surface area contributed by atoms with Gasteiger partial charge in [-0.3, -0.25) is 19.3 Å². The first-order chi connectivity index (χ1) is 19.7. The van der Waals surface area contributed by atoms with Crippen molar-refractivity contribution < 1.29 is 23.9 Å². The zero-order valence-corrected chi connectivity index (χ0v) is 23.7. The number of hydrogen-bond donors (Lipinski definition) is 1. The van der Waals surface area contributed by atoms with Gasteiger partial charge in [0.25, 0.3) is 5.91 Å². The fraction of sp³-hybridized carbons (Fsp3) is 0.353. The van der Waals surface area contributed by atoms with Crippen LogP contribution in [-0.2, 0) is 23.9 Å². The van der Waals surface area contributed by atoms with Gasteiger partial charge in [-0.05, 0) is 65.6 Å². The van der Waals surface area contributed by atoms with E-state index in [-0.39, 0.29) is 36.0 Å². The monoisotopic (exact) mass is 550 g/mol. The van der Waals surface area contributed by atoms with Crippen LogP contribution >= 0.6 is 0 Å². The maximum atomic E-state index is 14.2. The fourth-order valence-electron chi connectivity index (χ4n) is 7.05. The van der Waals surface area contributed by atoms with E-state index in [9.17, 15) is 19.2 Å². The SMILES string of the molecule is Cc1ccc(C)c(NC(=O)COC(=O)[C@H](CC(C)C)N2C(=O)[C@@H]3C4c5ccccc5C(c5ccccc54)[C@@H]3C2=O)c1. The molecular formula is C34H34N2O5. The molecule has 0 radical (unpaired) electrons. The fourth-order valence-corrected chi connectivity index (χ4v) is 7.05.